The fourth-order valence-corrected chi connectivity index (χ4v) is 1.06. The van der Waals surface area contributed by atoms with Gasteiger partial charge >= 0.3 is 0 Å². The van der Waals surface area contributed by atoms with E-state index in [1.54, 1.807) is 0 Å². The van der Waals surface area contributed by atoms with Gasteiger partial charge in [0, 0.05) is 0 Å². The Morgan fingerprint density at radius 3 is 1.50 bits per heavy atom. The molecule has 0 aromatic rings. The summed E-state index contributed by atoms with van der Waals surface area (Å²) in [5.41, 5.74) is 3.68. The molecule has 0 spiro atoms. The fourth-order valence-electron chi connectivity index (χ4n) is 1.06. The van der Waals surface area contributed by atoms with E-state index in [1.165, 1.54) is 11.1 Å². The molecule has 0 nitrogen and oxygen atoms in total. The largest absolute Gasteiger partial charge is 0.0961 e. The third kappa shape index (κ3) is 15.2. The zero-order chi connectivity index (χ0) is 13.0. The molecule has 0 saturated heterocycles. The molecule has 0 fully saturated rings. The van der Waals surface area contributed by atoms with Gasteiger partial charge in [-0.05, 0) is 41.5 Å². The predicted molar refractivity (Wildman–Crippen MR) is 77.6 cm³/mol. The summed E-state index contributed by atoms with van der Waals surface area (Å²) < 4.78 is 0. The van der Waals surface area contributed by atoms with Crippen molar-refractivity contribution < 1.29 is 0 Å². The van der Waals surface area contributed by atoms with Crippen molar-refractivity contribution in [3.63, 3.8) is 0 Å². The highest BCUT2D eigenvalue weighted by Crippen LogP contribution is 1.99. The van der Waals surface area contributed by atoms with Crippen LogP contribution in [0.15, 0.2) is 59.8 Å². The number of hydrogen-bond donors (Lipinski definition) is 0. The molecule has 0 radical (unpaired) electrons. The fraction of sp³-hybridized carbons (Fsp3) is 0.375. The van der Waals surface area contributed by atoms with Crippen LogP contribution in [0.25, 0.3) is 0 Å². The Balaban J connectivity index is 0. The predicted octanol–water partition coefficient (Wildman–Crippen LogP) is 5.61. The van der Waals surface area contributed by atoms with Crippen LogP contribution in [0.1, 0.15) is 41.5 Å². The van der Waals surface area contributed by atoms with Crippen molar-refractivity contribution in [1.82, 2.24) is 0 Å². The molecule has 0 aromatic carbocycles. The second kappa shape index (κ2) is 11.8. The van der Waals surface area contributed by atoms with Crippen LogP contribution in [-0.4, -0.2) is 0 Å². The van der Waals surface area contributed by atoms with Crippen molar-refractivity contribution in [1.29, 1.82) is 0 Å². The molecule has 0 N–H and O–H groups in total. The summed E-state index contributed by atoms with van der Waals surface area (Å²) in [6, 6.07) is 0. The summed E-state index contributed by atoms with van der Waals surface area (Å²) in [7, 11) is 0. The first-order chi connectivity index (χ1) is 7.47. The van der Waals surface area contributed by atoms with Gasteiger partial charge in [0.05, 0.1) is 0 Å². The van der Waals surface area contributed by atoms with Gasteiger partial charge < -0.3 is 0 Å². The molecule has 0 bridgehead atoms. The minimum absolute atomic E-state index is 1.10. The Kier molecular flexibility index (Phi) is 12.6. The molecular weight excluding hydrogens is 192 g/mol. The molecule has 0 heterocycles. The third-order valence-corrected chi connectivity index (χ3v) is 1.79. The lowest BCUT2D eigenvalue weighted by Gasteiger charge is -1.89. The van der Waals surface area contributed by atoms with E-state index in [2.05, 4.69) is 44.7 Å². The van der Waals surface area contributed by atoms with Gasteiger partial charge in [0.1, 0.15) is 0 Å². The maximum atomic E-state index is 3.77. The average molecular weight is 218 g/mol. The Hall–Kier alpha value is -1.30. The lowest BCUT2D eigenvalue weighted by molar-refractivity contribution is 1.44. The second-order valence-electron chi connectivity index (χ2n) is 3.77. The topological polar surface area (TPSA) is 0 Å². The molecule has 0 aromatic heterocycles. The maximum Gasteiger partial charge on any atom is -0.0398 e. The van der Waals surface area contributed by atoms with Crippen molar-refractivity contribution in [2.75, 3.05) is 0 Å². The van der Waals surface area contributed by atoms with E-state index in [4.69, 9.17) is 0 Å². The van der Waals surface area contributed by atoms with Gasteiger partial charge in [-0.2, -0.15) is 0 Å². The zero-order valence-corrected chi connectivity index (χ0v) is 11.7. The molecule has 16 heavy (non-hydrogen) atoms. The standard InChI is InChI=1S/C9H14.C7H12/c1-5-6-9(4)7-8(2)3;1-4-6-7(3)5-2/h5-7H,2H2,1,3-4H3;4-6H,1-3H3/b6-5-,9-7-;6-4-,7-5-. The van der Waals surface area contributed by atoms with Crippen molar-refractivity contribution in [2.24, 2.45) is 0 Å². The van der Waals surface area contributed by atoms with Crippen LogP contribution >= 0.6 is 0 Å². The Morgan fingerprint density at radius 2 is 1.25 bits per heavy atom. The van der Waals surface area contributed by atoms with Crippen molar-refractivity contribution in [3.8, 4) is 0 Å². The van der Waals surface area contributed by atoms with Gasteiger partial charge in [0.15, 0.2) is 0 Å². The third-order valence-electron chi connectivity index (χ3n) is 1.79. The Morgan fingerprint density at radius 1 is 0.812 bits per heavy atom. The number of hydrogen-bond acceptors (Lipinski definition) is 0. The molecule has 0 aliphatic heterocycles. The van der Waals surface area contributed by atoms with Crippen LogP contribution in [0.4, 0.5) is 0 Å². The van der Waals surface area contributed by atoms with Crippen LogP contribution in [0, 0.1) is 0 Å². The SMILES string of the molecule is C/C=C\C(C)=C/C.C=C(C)/C=C(C)\C=C/C. The lowest BCUT2D eigenvalue weighted by atomic mass is 10.2. The van der Waals surface area contributed by atoms with Gasteiger partial charge in [-0.25, -0.2) is 0 Å². The highest BCUT2D eigenvalue weighted by molar-refractivity contribution is 5.25. The quantitative estimate of drug-likeness (QED) is 0.540. The van der Waals surface area contributed by atoms with Gasteiger partial charge in [-0.1, -0.05) is 59.8 Å². The summed E-state index contributed by atoms with van der Waals surface area (Å²) in [4.78, 5) is 0. The van der Waals surface area contributed by atoms with E-state index in [1.807, 2.05) is 39.8 Å². The van der Waals surface area contributed by atoms with Crippen LogP contribution < -0.4 is 0 Å². The average Bonchev–Trinajstić information content (AvgIpc) is 2.18. The lowest BCUT2D eigenvalue weighted by Crippen LogP contribution is -1.68. The van der Waals surface area contributed by atoms with Gasteiger partial charge in [-0.15, -0.1) is 0 Å². The van der Waals surface area contributed by atoms with Crippen LogP contribution in [0.2, 0.25) is 0 Å². The molecule has 0 amide bonds. The Bertz CT molecular complexity index is 296. The second-order valence-corrected chi connectivity index (χ2v) is 3.77. The first-order valence-corrected chi connectivity index (χ1v) is 5.70. The molecule has 0 saturated carbocycles. The van der Waals surface area contributed by atoms with Crippen molar-refractivity contribution in [3.05, 3.63) is 59.8 Å². The molecule has 0 unspecified atom stereocenters. The summed E-state index contributed by atoms with van der Waals surface area (Å²) in [6.45, 7) is 16.0. The molecule has 0 aliphatic rings. The van der Waals surface area contributed by atoms with Gasteiger partial charge in [0.25, 0.3) is 0 Å². The summed E-state index contributed by atoms with van der Waals surface area (Å²) in [5, 5.41) is 0. The normalized spacial score (nSPS) is 12.9. The molecule has 0 aliphatic carbocycles. The van der Waals surface area contributed by atoms with E-state index < -0.39 is 0 Å². The number of allylic oxidation sites excluding steroid dienone is 9. The highest BCUT2D eigenvalue weighted by Gasteiger charge is 1.78. The van der Waals surface area contributed by atoms with E-state index in [0.717, 1.165) is 5.57 Å². The monoisotopic (exact) mass is 218 g/mol. The molecule has 0 rings (SSSR count). The summed E-state index contributed by atoms with van der Waals surface area (Å²) >= 11 is 0. The first-order valence-electron chi connectivity index (χ1n) is 5.70. The van der Waals surface area contributed by atoms with Gasteiger partial charge in [0.2, 0.25) is 0 Å². The molecule has 90 valence electrons. The zero-order valence-electron chi connectivity index (χ0n) is 11.7. The van der Waals surface area contributed by atoms with Crippen LogP contribution in [0.3, 0.4) is 0 Å². The van der Waals surface area contributed by atoms with E-state index in [-0.39, 0.29) is 0 Å². The van der Waals surface area contributed by atoms with Gasteiger partial charge in [-0.3, -0.25) is 0 Å². The minimum atomic E-state index is 1.10. The van der Waals surface area contributed by atoms with E-state index in [0.29, 0.717) is 0 Å². The smallest absolute Gasteiger partial charge is 0.0398 e. The van der Waals surface area contributed by atoms with Crippen molar-refractivity contribution >= 4 is 0 Å². The van der Waals surface area contributed by atoms with E-state index in [9.17, 15) is 0 Å². The van der Waals surface area contributed by atoms with E-state index >= 15 is 0 Å². The minimum Gasteiger partial charge on any atom is -0.0961 e. The van der Waals surface area contributed by atoms with Crippen LogP contribution in [0.5, 0.6) is 0 Å². The summed E-state index contributed by atoms with van der Waals surface area (Å²) in [5.74, 6) is 0. The number of rotatable bonds is 3. The Labute approximate surface area is 102 Å². The maximum absolute atomic E-state index is 3.77. The van der Waals surface area contributed by atoms with Crippen LogP contribution in [-0.2, 0) is 0 Å². The molecule has 0 atom stereocenters. The van der Waals surface area contributed by atoms with Crippen molar-refractivity contribution in [2.45, 2.75) is 41.5 Å². The highest BCUT2D eigenvalue weighted by atomic mass is 13.8. The molecule has 0 heteroatoms. The first kappa shape index (κ1) is 17.1. The summed E-state index contributed by atoms with van der Waals surface area (Å²) in [6.07, 6.45) is 12.3. The molecular formula is C16H26.